The maximum atomic E-state index is 13.3. The molecule has 0 radical (unpaired) electrons. The second kappa shape index (κ2) is 3.90. The van der Waals surface area contributed by atoms with E-state index in [4.69, 9.17) is 5.11 Å². The lowest BCUT2D eigenvalue weighted by Crippen LogP contribution is -2.53. The first-order valence-electron chi connectivity index (χ1n) is 4.43. The molecular formula is C10H8F6O. The van der Waals surface area contributed by atoms with Crippen molar-refractivity contribution in [2.45, 2.75) is 24.9 Å². The summed E-state index contributed by atoms with van der Waals surface area (Å²) in [6.07, 6.45) is -6.08. The fraction of sp³-hybridized carbons (Fsp3) is 0.400. The van der Waals surface area contributed by atoms with Gasteiger partial charge < -0.3 is 5.11 Å². The van der Waals surface area contributed by atoms with Gasteiger partial charge in [0, 0.05) is 5.56 Å². The number of halogens is 6. The van der Waals surface area contributed by atoms with E-state index in [0.717, 1.165) is 19.1 Å². The molecule has 1 rings (SSSR count). The van der Waals surface area contributed by atoms with Gasteiger partial charge in [-0.2, -0.15) is 26.3 Å². The van der Waals surface area contributed by atoms with E-state index in [9.17, 15) is 26.3 Å². The Morgan fingerprint density at radius 3 is 1.82 bits per heavy atom. The van der Waals surface area contributed by atoms with E-state index in [0.29, 0.717) is 6.07 Å². The van der Waals surface area contributed by atoms with Crippen molar-refractivity contribution in [1.82, 2.24) is 0 Å². The molecule has 1 aromatic rings. The van der Waals surface area contributed by atoms with Crippen molar-refractivity contribution in [3.05, 3.63) is 35.4 Å². The largest absolute Gasteiger partial charge is 0.455 e. The minimum absolute atomic E-state index is 0.252. The SMILES string of the molecule is Cc1ccccc1C(F)(F)C(O)(F)C(F)(F)F. The molecule has 0 aromatic heterocycles. The van der Waals surface area contributed by atoms with E-state index in [1.807, 2.05) is 0 Å². The number of rotatable bonds is 2. The zero-order valence-corrected chi connectivity index (χ0v) is 8.52. The number of benzene rings is 1. The zero-order valence-electron chi connectivity index (χ0n) is 8.52. The normalized spacial score (nSPS) is 16.7. The molecule has 0 fully saturated rings. The van der Waals surface area contributed by atoms with Crippen LogP contribution >= 0.6 is 0 Å². The van der Waals surface area contributed by atoms with E-state index in [1.54, 1.807) is 0 Å². The van der Waals surface area contributed by atoms with Crippen molar-refractivity contribution in [2.24, 2.45) is 0 Å². The van der Waals surface area contributed by atoms with Crippen molar-refractivity contribution in [3.63, 3.8) is 0 Å². The van der Waals surface area contributed by atoms with Crippen molar-refractivity contribution in [1.29, 1.82) is 0 Å². The van der Waals surface area contributed by atoms with Gasteiger partial charge in [0.25, 0.3) is 0 Å². The van der Waals surface area contributed by atoms with Crippen molar-refractivity contribution < 1.29 is 31.4 Å². The van der Waals surface area contributed by atoms with Crippen LogP contribution < -0.4 is 0 Å². The molecule has 0 heterocycles. The Bertz CT molecular complexity index is 410. The van der Waals surface area contributed by atoms with Gasteiger partial charge >= 0.3 is 18.0 Å². The highest BCUT2D eigenvalue weighted by Crippen LogP contribution is 2.49. The molecule has 0 saturated carbocycles. The lowest BCUT2D eigenvalue weighted by atomic mass is 9.96. The molecule has 0 aliphatic heterocycles. The van der Waals surface area contributed by atoms with Crippen LogP contribution in [-0.2, 0) is 5.92 Å². The van der Waals surface area contributed by atoms with Crippen LogP contribution in [0.3, 0.4) is 0 Å². The van der Waals surface area contributed by atoms with Gasteiger partial charge in [0.2, 0.25) is 0 Å². The molecule has 17 heavy (non-hydrogen) atoms. The summed E-state index contributed by atoms with van der Waals surface area (Å²) in [5, 5.41) is 8.41. The monoisotopic (exact) mass is 258 g/mol. The standard InChI is InChI=1S/C10H8F6O/c1-6-4-2-3-5-7(6)8(11,12)9(13,17)10(14,15)16/h2-5,17H,1H3. The highest BCUT2D eigenvalue weighted by Gasteiger charge is 2.71. The Balaban J connectivity index is 3.34. The third-order valence-corrected chi connectivity index (χ3v) is 2.28. The third-order valence-electron chi connectivity index (χ3n) is 2.28. The summed E-state index contributed by atoms with van der Waals surface area (Å²) in [5.74, 6) is -10.7. The quantitative estimate of drug-likeness (QED) is 0.807. The summed E-state index contributed by atoms with van der Waals surface area (Å²) >= 11 is 0. The fourth-order valence-corrected chi connectivity index (χ4v) is 1.28. The highest BCUT2D eigenvalue weighted by molar-refractivity contribution is 5.31. The number of aliphatic hydroxyl groups is 1. The number of aryl methyl sites for hydroxylation is 1. The Morgan fingerprint density at radius 2 is 1.41 bits per heavy atom. The van der Waals surface area contributed by atoms with E-state index in [-0.39, 0.29) is 5.56 Å². The van der Waals surface area contributed by atoms with Crippen LogP contribution in [0.5, 0.6) is 0 Å². The van der Waals surface area contributed by atoms with Crippen molar-refractivity contribution in [2.75, 3.05) is 0 Å². The van der Waals surface area contributed by atoms with Gasteiger partial charge in [0.05, 0.1) is 0 Å². The van der Waals surface area contributed by atoms with Crippen LogP contribution in [0.2, 0.25) is 0 Å². The van der Waals surface area contributed by atoms with Gasteiger partial charge in [-0.05, 0) is 12.5 Å². The number of hydrogen-bond donors (Lipinski definition) is 1. The Hall–Kier alpha value is -1.24. The molecule has 1 unspecified atom stereocenters. The maximum Gasteiger partial charge on any atom is 0.455 e. The number of hydrogen-bond acceptors (Lipinski definition) is 1. The predicted octanol–water partition coefficient (Wildman–Crippen LogP) is 3.31. The van der Waals surface area contributed by atoms with E-state index >= 15 is 0 Å². The number of alkyl halides is 6. The van der Waals surface area contributed by atoms with E-state index in [2.05, 4.69) is 0 Å². The lowest BCUT2D eigenvalue weighted by Gasteiger charge is -2.31. The summed E-state index contributed by atoms with van der Waals surface area (Å²) in [6, 6.07) is 4.06. The average molecular weight is 258 g/mol. The maximum absolute atomic E-state index is 13.3. The molecule has 7 heteroatoms. The topological polar surface area (TPSA) is 20.2 Å². The predicted molar refractivity (Wildman–Crippen MR) is 47.2 cm³/mol. The van der Waals surface area contributed by atoms with Crippen LogP contribution in [0.15, 0.2) is 24.3 Å². The van der Waals surface area contributed by atoms with Gasteiger partial charge in [-0.25, -0.2) is 0 Å². The molecule has 1 N–H and O–H groups in total. The van der Waals surface area contributed by atoms with Crippen molar-refractivity contribution in [3.8, 4) is 0 Å². The lowest BCUT2D eigenvalue weighted by molar-refractivity contribution is -0.390. The zero-order chi connectivity index (χ0) is 13.5. The first kappa shape index (κ1) is 13.8. The molecule has 0 saturated heterocycles. The molecule has 0 bridgehead atoms. The molecule has 96 valence electrons. The summed E-state index contributed by atoms with van der Waals surface area (Å²) in [4.78, 5) is 0. The van der Waals surface area contributed by atoms with Gasteiger partial charge in [-0.1, -0.05) is 24.3 Å². The van der Waals surface area contributed by atoms with Crippen LogP contribution in [0.25, 0.3) is 0 Å². The van der Waals surface area contributed by atoms with Crippen molar-refractivity contribution >= 4 is 0 Å². The minimum Gasteiger partial charge on any atom is -0.350 e. The Kier molecular flexibility index (Phi) is 3.17. The summed E-state index contributed by atoms with van der Waals surface area (Å²) in [5.41, 5.74) is -1.46. The molecule has 1 aromatic carbocycles. The smallest absolute Gasteiger partial charge is 0.350 e. The first-order valence-corrected chi connectivity index (χ1v) is 4.43. The fourth-order valence-electron chi connectivity index (χ4n) is 1.28. The molecule has 0 amide bonds. The third kappa shape index (κ3) is 2.11. The summed E-state index contributed by atoms with van der Waals surface area (Å²) in [6.45, 7) is 1.09. The van der Waals surface area contributed by atoms with Crippen LogP contribution in [0, 0.1) is 6.92 Å². The van der Waals surface area contributed by atoms with E-state index in [1.165, 1.54) is 6.07 Å². The minimum atomic E-state index is -6.08. The first-order chi connectivity index (χ1) is 7.52. The average Bonchev–Trinajstić information content (AvgIpc) is 2.16. The molecule has 1 nitrogen and oxygen atoms in total. The van der Waals surface area contributed by atoms with Gasteiger partial charge in [-0.3, -0.25) is 0 Å². The Labute approximate surface area is 92.7 Å². The highest BCUT2D eigenvalue weighted by atomic mass is 19.4. The molecule has 0 aliphatic rings. The Morgan fingerprint density at radius 1 is 0.941 bits per heavy atom. The van der Waals surface area contributed by atoms with Gasteiger partial charge in [-0.15, -0.1) is 0 Å². The van der Waals surface area contributed by atoms with Crippen LogP contribution in [-0.4, -0.2) is 17.1 Å². The van der Waals surface area contributed by atoms with Gasteiger partial charge in [0.1, 0.15) is 0 Å². The van der Waals surface area contributed by atoms with Gasteiger partial charge in [0.15, 0.2) is 0 Å². The van der Waals surface area contributed by atoms with E-state index < -0.39 is 23.5 Å². The summed E-state index contributed by atoms with van der Waals surface area (Å²) < 4.78 is 75.7. The van der Waals surface area contributed by atoms with Crippen LogP contribution in [0.4, 0.5) is 26.3 Å². The second-order valence-corrected chi connectivity index (χ2v) is 3.51. The molecule has 0 aliphatic carbocycles. The molecule has 1 atom stereocenters. The molecule has 0 spiro atoms. The molecular weight excluding hydrogens is 250 g/mol. The summed E-state index contributed by atoms with van der Waals surface area (Å²) in [7, 11) is 0. The van der Waals surface area contributed by atoms with Crippen LogP contribution in [0.1, 0.15) is 11.1 Å². The second-order valence-electron chi connectivity index (χ2n) is 3.51.